The van der Waals surface area contributed by atoms with Crippen LogP contribution in [0, 0.1) is 0 Å². The van der Waals surface area contributed by atoms with E-state index in [4.69, 9.17) is 9.47 Å². The molecule has 0 saturated heterocycles. The zero-order valence-corrected chi connectivity index (χ0v) is 10.7. The lowest BCUT2D eigenvalue weighted by molar-refractivity contribution is -0.143. The Hall–Kier alpha value is -1.58. The van der Waals surface area contributed by atoms with Gasteiger partial charge in [0.15, 0.2) is 0 Å². The van der Waals surface area contributed by atoms with E-state index in [0.717, 1.165) is 5.57 Å². The smallest absolute Gasteiger partial charge is 0.310 e. The van der Waals surface area contributed by atoms with E-state index >= 15 is 0 Å². The molecule has 0 radical (unpaired) electrons. The SMILES string of the molecule is C=C(CC(=O)OCC)/C(=C/C)CC(=O)OCC. The molecule has 0 aliphatic rings. The normalized spacial score (nSPS) is 10.9. The van der Waals surface area contributed by atoms with Crippen molar-refractivity contribution in [1.29, 1.82) is 0 Å². The minimum absolute atomic E-state index is 0.104. The highest BCUT2D eigenvalue weighted by atomic mass is 16.5. The van der Waals surface area contributed by atoms with Crippen molar-refractivity contribution in [3.05, 3.63) is 23.8 Å². The molecule has 17 heavy (non-hydrogen) atoms. The molecule has 0 N–H and O–H groups in total. The van der Waals surface area contributed by atoms with Crippen molar-refractivity contribution >= 4 is 11.9 Å². The quantitative estimate of drug-likeness (QED) is 0.506. The topological polar surface area (TPSA) is 52.6 Å². The number of hydrogen-bond donors (Lipinski definition) is 0. The third-order valence-electron chi connectivity index (χ3n) is 2.11. The van der Waals surface area contributed by atoms with Crippen LogP contribution in [0.15, 0.2) is 23.8 Å². The Kier molecular flexibility index (Phi) is 7.76. The van der Waals surface area contributed by atoms with Gasteiger partial charge in [0, 0.05) is 0 Å². The van der Waals surface area contributed by atoms with Crippen molar-refractivity contribution in [2.45, 2.75) is 33.6 Å². The van der Waals surface area contributed by atoms with Gasteiger partial charge < -0.3 is 9.47 Å². The van der Waals surface area contributed by atoms with Crippen molar-refractivity contribution in [2.24, 2.45) is 0 Å². The van der Waals surface area contributed by atoms with Gasteiger partial charge in [-0.25, -0.2) is 0 Å². The Morgan fingerprint density at radius 2 is 1.53 bits per heavy atom. The fourth-order valence-electron chi connectivity index (χ4n) is 1.30. The second-order valence-electron chi connectivity index (χ2n) is 3.38. The van der Waals surface area contributed by atoms with E-state index in [1.54, 1.807) is 26.8 Å². The van der Waals surface area contributed by atoms with E-state index in [1.807, 2.05) is 0 Å². The number of hydrogen-bond acceptors (Lipinski definition) is 4. The Labute approximate surface area is 102 Å². The molecular formula is C13H20O4. The first-order valence-corrected chi connectivity index (χ1v) is 5.69. The summed E-state index contributed by atoms with van der Waals surface area (Å²) in [4.78, 5) is 22.6. The Morgan fingerprint density at radius 3 is 1.94 bits per heavy atom. The maximum Gasteiger partial charge on any atom is 0.310 e. The van der Waals surface area contributed by atoms with Crippen molar-refractivity contribution in [3.8, 4) is 0 Å². The number of carbonyl (C=O) groups is 2. The van der Waals surface area contributed by atoms with Gasteiger partial charge in [-0.3, -0.25) is 9.59 Å². The minimum Gasteiger partial charge on any atom is -0.466 e. The summed E-state index contributed by atoms with van der Waals surface area (Å²) in [6.45, 7) is 9.77. The lowest BCUT2D eigenvalue weighted by Gasteiger charge is -2.09. The lowest BCUT2D eigenvalue weighted by Crippen LogP contribution is -2.09. The van der Waals surface area contributed by atoms with Gasteiger partial charge in [0.1, 0.15) is 0 Å². The van der Waals surface area contributed by atoms with E-state index in [1.165, 1.54) is 0 Å². The number of allylic oxidation sites excluding steroid dienone is 1. The molecule has 4 nitrogen and oxygen atoms in total. The fraction of sp³-hybridized carbons (Fsp3) is 0.538. The van der Waals surface area contributed by atoms with Crippen LogP contribution in [0.1, 0.15) is 33.6 Å². The van der Waals surface area contributed by atoms with E-state index in [2.05, 4.69) is 6.58 Å². The molecule has 4 heteroatoms. The standard InChI is InChI=1S/C13H20O4/c1-5-11(9-13(15)17-7-3)10(4)8-12(14)16-6-2/h5H,4,6-9H2,1-3H3/b11-5+. The Balaban J connectivity index is 4.33. The number of rotatable bonds is 7. The lowest BCUT2D eigenvalue weighted by atomic mass is 10.0. The van der Waals surface area contributed by atoms with Crippen LogP contribution in [-0.4, -0.2) is 25.2 Å². The summed E-state index contributed by atoms with van der Waals surface area (Å²) in [5.41, 5.74) is 1.32. The fourth-order valence-corrected chi connectivity index (χ4v) is 1.30. The van der Waals surface area contributed by atoms with Crippen LogP contribution < -0.4 is 0 Å². The highest BCUT2D eigenvalue weighted by Gasteiger charge is 2.12. The molecule has 0 aromatic carbocycles. The number of carbonyl (C=O) groups excluding carboxylic acids is 2. The largest absolute Gasteiger partial charge is 0.466 e. The molecular weight excluding hydrogens is 220 g/mol. The second-order valence-corrected chi connectivity index (χ2v) is 3.38. The molecule has 0 aliphatic heterocycles. The second kappa shape index (κ2) is 8.56. The predicted molar refractivity (Wildman–Crippen MR) is 65.4 cm³/mol. The molecule has 0 aromatic heterocycles. The Morgan fingerprint density at radius 1 is 1.06 bits per heavy atom. The summed E-state index contributed by atoms with van der Waals surface area (Å²) in [5.74, 6) is -0.647. The monoisotopic (exact) mass is 240 g/mol. The van der Waals surface area contributed by atoms with Gasteiger partial charge in [-0.1, -0.05) is 12.7 Å². The first-order chi connectivity index (χ1) is 8.04. The summed E-state index contributed by atoms with van der Waals surface area (Å²) in [6, 6.07) is 0. The van der Waals surface area contributed by atoms with E-state index in [0.29, 0.717) is 18.8 Å². The molecule has 0 fully saturated rings. The van der Waals surface area contributed by atoms with Gasteiger partial charge in [0.25, 0.3) is 0 Å². The summed E-state index contributed by atoms with van der Waals surface area (Å²) >= 11 is 0. The highest BCUT2D eigenvalue weighted by Crippen LogP contribution is 2.17. The minimum atomic E-state index is -0.333. The Bertz CT molecular complexity index is 315. The van der Waals surface area contributed by atoms with Crippen molar-refractivity contribution in [3.63, 3.8) is 0 Å². The molecule has 0 bridgehead atoms. The van der Waals surface area contributed by atoms with E-state index in [-0.39, 0.29) is 24.8 Å². The van der Waals surface area contributed by atoms with Crippen molar-refractivity contribution in [2.75, 3.05) is 13.2 Å². The summed E-state index contributed by atoms with van der Waals surface area (Å²) in [7, 11) is 0. The van der Waals surface area contributed by atoms with Crippen LogP contribution in [0.2, 0.25) is 0 Å². The van der Waals surface area contributed by atoms with Crippen LogP contribution in [0.3, 0.4) is 0 Å². The van der Waals surface area contributed by atoms with Crippen LogP contribution in [0.25, 0.3) is 0 Å². The number of esters is 2. The molecule has 0 heterocycles. The molecule has 0 aliphatic carbocycles. The summed E-state index contributed by atoms with van der Waals surface area (Å²) in [5, 5.41) is 0. The van der Waals surface area contributed by atoms with Gasteiger partial charge in [-0.05, 0) is 31.9 Å². The zero-order valence-electron chi connectivity index (χ0n) is 10.7. The van der Waals surface area contributed by atoms with Crippen LogP contribution >= 0.6 is 0 Å². The molecule has 96 valence electrons. The third kappa shape index (κ3) is 6.56. The molecule has 0 rings (SSSR count). The highest BCUT2D eigenvalue weighted by molar-refractivity contribution is 5.77. The summed E-state index contributed by atoms with van der Waals surface area (Å²) < 4.78 is 9.66. The van der Waals surface area contributed by atoms with Crippen molar-refractivity contribution < 1.29 is 19.1 Å². The van der Waals surface area contributed by atoms with Crippen molar-refractivity contribution in [1.82, 2.24) is 0 Å². The average Bonchev–Trinajstić information content (AvgIpc) is 2.26. The summed E-state index contributed by atoms with van der Waals surface area (Å²) in [6.07, 6.45) is 2.01. The first-order valence-electron chi connectivity index (χ1n) is 5.69. The molecule has 0 amide bonds. The van der Waals surface area contributed by atoms with Gasteiger partial charge in [0.05, 0.1) is 26.1 Å². The average molecular weight is 240 g/mol. The van der Waals surface area contributed by atoms with E-state index in [9.17, 15) is 9.59 Å². The van der Waals surface area contributed by atoms with Crippen LogP contribution in [0.5, 0.6) is 0 Å². The van der Waals surface area contributed by atoms with Gasteiger partial charge >= 0.3 is 11.9 Å². The molecule has 0 unspecified atom stereocenters. The molecule has 0 aromatic rings. The first kappa shape index (κ1) is 15.4. The molecule has 0 atom stereocenters. The predicted octanol–water partition coefficient (Wildman–Crippen LogP) is 2.40. The van der Waals surface area contributed by atoms with Gasteiger partial charge in [-0.2, -0.15) is 0 Å². The van der Waals surface area contributed by atoms with Crippen LogP contribution in [-0.2, 0) is 19.1 Å². The third-order valence-corrected chi connectivity index (χ3v) is 2.11. The molecule has 0 saturated carbocycles. The number of ether oxygens (including phenoxy) is 2. The van der Waals surface area contributed by atoms with Gasteiger partial charge in [0.2, 0.25) is 0 Å². The van der Waals surface area contributed by atoms with Crippen LogP contribution in [0.4, 0.5) is 0 Å². The zero-order chi connectivity index (χ0) is 13.3. The van der Waals surface area contributed by atoms with E-state index < -0.39 is 0 Å². The maximum atomic E-state index is 11.3. The maximum absolute atomic E-state index is 11.3. The van der Waals surface area contributed by atoms with Gasteiger partial charge in [-0.15, -0.1) is 0 Å². The molecule has 0 spiro atoms.